The number of aromatic nitrogens is 2. The van der Waals surface area contributed by atoms with Crippen LogP contribution in [-0.2, 0) is 37.4 Å². The van der Waals surface area contributed by atoms with Gasteiger partial charge in [-0.2, -0.15) is 4.31 Å². The van der Waals surface area contributed by atoms with Crippen molar-refractivity contribution in [3.05, 3.63) is 24.0 Å². The molecule has 1 atom stereocenters. The molecule has 2 aliphatic rings. The number of fused-ring (bicyclic) bond motifs is 1. The molecule has 4 rings (SSSR count). The number of carbonyl (C=O) groups is 1. The molecule has 1 aromatic heterocycles. The molecule has 2 fully saturated rings. The number of nitrogens with zero attached hydrogens (tertiary/aromatic N) is 4. The summed E-state index contributed by atoms with van der Waals surface area (Å²) in [5.74, 6) is 0.653. The fraction of sp³-hybridized carbons (Fsp3) is 0.636. The molecule has 2 saturated heterocycles. The largest absolute Gasteiger partial charge is 0.466 e. The van der Waals surface area contributed by atoms with Crippen molar-refractivity contribution < 1.29 is 22.7 Å². The minimum absolute atomic E-state index is 0.103. The van der Waals surface area contributed by atoms with Crippen molar-refractivity contribution in [1.82, 2.24) is 18.8 Å². The molecule has 0 amide bonds. The second kappa shape index (κ2) is 9.86. The molecule has 0 saturated carbocycles. The van der Waals surface area contributed by atoms with Crippen molar-refractivity contribution in [2.45, 2.75) is 44.7 Å². The van der Waals surface area contributed by atoms with Crippen LogP contribution in [0.15, 0.2) is 23.1 Å². The Bertz CT molecular complexity index is 1060. The Morgan fingerprint density at radius 2 is 2.00 bits per heavy atom. The van der Waals surface area contributed by atoms with E-state index < -0.39 is 10.0 Å². The lowest BCUT2D eigenvalue weighted by molar-refractivity contribution is -0.150. The zero-order valence-electron chi connectivity index (χ0n) is 18.8. The fourth-order valence-electron chi connectivity index (χ4n) is 4.58. The van der Waals surface area contributed by atoms with E-state index in [4.69, 9.17) is 14.5 Å². The van der Waals surface area contributed by atoms with Crippen molar-refractivity contribution >= 4 is 27.0 Å². The van der Waals surface area contributed by atoms with E-state index in [1.54, 1.807) is 12.1 Å². The first-order valence-corrected chi connectivity index (χ1v) is 12.8. The molecule has 10 heteroatoms. The van der Waals surface area contributed by atoms with Gasteiger partial charge in [0.05, 0.1) is 48.2 Å². The van der Waals surface area contributed by atoms with Crippen LogP contribution >= 0.6 is 0 Å². The quantitative estimate of drug-likeness (QED) is 0.577. The summed E-state index contributed by atoms with van der Waals surface area (Å²) < 4.78 is 40.2. The number of hydrogen-bond donors (Lipinski definition) is 0. The average molecular weight is 465 g/mol. The van der Waals surface area contributed by atoms with Crippen LogP contribution in [0, 0.1) is 5.92 Å². The number of imidazole rings is 1. The smallest absolute Gasteiger partial charge is 0.310 e. The Labute approximate surface area is 189 Å². The van der Waals surface area contributed by atoms with Gasteiger partial charge in [0.2, 0.25) is 10.0 Å². The zero-order valence-corrected chi connectivity index (χ0v) is 19.6. The van der Waals surface area contributed by atoms with Gasteiger partial charge in [0.25, 0.3) is 0 Å². The van der Waals surface area contributed by atoms with Gasteiger partial charge in [0.1, 0.15) is 5.82 Å². The molecule has 0 N–H and O–H groups in total. The summed E-state index contributed by atoms with van der Waals surface area (Å²) in [4.78, 5) is 19.5. The SMILES string of the molecule is CCOC(=O)[C@@H]1CCCN(Cc2nc3cc(S(=O)(=O)N4CCOCC4)ccc3n2CC)C1. The molecule has 2 aliphatic heterocycles. The minimum atomic E-state index is -3.57. The molecule has 0 radical (unpaired) electrons. The average Bonchev–Trinajstić information content (AvgIpc) is 3.16. The van der Waals surface area contributed by atoms with Crippen LogP contribution in [-0.4, -0.2) is 79.1 Å². The van der Waals surface area contributed by atoms with Gasteiger partial charge in [-0.15, -0.1) is 0 Å². The van der Waals surface area contributed by atoms with E-state index in [0.29, 0.717) is 51.5 Å². The van der Waals surface area contributed by atoms with E-state index in [-0.39, 0.29) is 16.8 Å². The first-order chi connectivity index (χ1) is 15.4. The fourth-order valence-corrected chi connectivity index (χ4v) is 6.01. The molecule has 32 heavy (non-hydrogen) atoms. The molecule has 0 bridgehead atoms. The molecule has 0 spiro atoms. The summed E-state index contributed by atoms with van der Waals surface area (Å²) in [5, 5.41) is 0. The van der Waals surface area contributed by atoms with Crippen LogP contribution < -0.4 is 0 Å². The summed E-state index contributed by atoms with van der Waals surface area (Å²) in [6.07, 6.45) is 1.79. The van der Waals surface area contributed by atoms with Crippen LogP contribution in [0.1, 0.15) is 32.5 Å². The van der Waals surface area contributed by atoms with Gasteiger partial charge in [-0.05, 0) is 51.4 Å². The van der Waals surface area contributed by atoms with Crippen LogP contribution in [0.25, 0.3) is 11.0 Å². The van der Waals surface area contributed by atoms with Crippen molar-refractivity contribution in [2.75, 3.05) is 46.0 Å². The minimum Gasteiger partial charge on any atom is -0.466 e. The maximum Gasteiger partial charge on any atom is 0.310 e. The number of morpholine rings is 1. The number of hydrogen-bond acceptors (Lipinski definition) is 7. The number of aryl methyl sites for hydroxylation is 1. The van der Waals surface area contributed by atoms with Gasteiger partial charge >= 0.3 is 5.97 Å². The van der Waals surface area contributed by atoms with Crippen LogP contribution in [0.2, 0.25) is 0 Å². The lowest BCUT2D eigenvalue weighted by Crippen LogP contribution is -2.40. The molecule has 0 aliphatic carbocycles. The molecule has 9 nitrogen and oxygen atoms in total. The Kier molecular flexibility index (Phi) is 7.14. The number of ether oxygens (including phenoxy) is 2. The third-order valence-corrected chi connectivity index (χ3v) is 8.11. The van der Waals surface area contributed by atoms with Gasteiger partial charge < -0.3 is 14.0 Å². The Hall–Kier alpha value is -2.01. The Morgan fingerprint density at radius 3 is 2.72 bits per heavy atom. The van der Waals surface area contributed by atoms with Gasteiger partial charge in [-0.3, -0.25) is 9.69 Å². The Balaban J connectivity index is 1.57. The van der Waals surface area contributed by atoms with Crippen LogP contribution in [0.3, 0.4) is 0 Å². The van der Waals surface area contributed by atoms with E-state index in [0.717, 1.165) is 37.3 Å². The lowest BCUT2D eigenvalue weighted by atomic mass is 9.98. The van der Waals surface area contributed by atoms with E-state index >= 15 is 0 Å². The third-order valence-electron chi connectivity index (χ3n) is 6.21. The van der Waals surface area contributed by atoms with E-state index in [1.165, 1.54) is 4.31 Å². The number of carbonyl (C=O) groups excluding carboxylic acids is 1. The number of likely N-dealkylation sites (tertiary alicyclic amines) is 1. The standard InChI is InChI=1S/C22H32N4O5S/c1-3-26-20-8-7-18(32(28,29)25-10-12-30-13-11-25)14-19(20)23-21(26)16-24-9-5-6-17(15-24)22(27)31-4-2/h7-8,14,17H,3-6,9-13,15-16H2,1-2H3/t17-/m1/s1. The monoisotopic (exact) mass is 464 g/mol. The molecular weight excluding hydrogens is 432 g/mol. The maximum absolute atomic E-state index is 13.0. The summed E-state index contributed by atoms with van der Waals surface area (Å²) >= 11 is 0. The topological polar surface area (TPSA) is 94.0 Å². The molecule has 3 heterocycles. The molecule has 2 aromatic rings. The first-order valence-electron chi connectivity index (χ1n) is 11.4. The van der Waals surface area contributed by atoms with Gasteiger partial charge in [-0.1, -0.05) is 0 Å². The second-order valence-electron chi connectivity index (χ2n) is 8.27. The highest BCUT2D eigenvalue weighted by Crippen LogP contribution is 2.25. The van der Waals surface area contributed by atoms with Crippen molar-refractivity contribution in [3.8, 4) is 0 Å². The number of piperidine rings is 1. The number of sulfonamides is 1. The van der Waals surface area contributed by atoms with E-state index in [1.807, 2.05) is 13.0 Å². The Morgan fingerprint density at radius 1 is 1.22 bits per heavy atom. The second-order valence-corrected chi connectivity index (χ2v) is 10.2. The number of rotatable bonds is 7. The van der Waals surface area contributed by atoms with Crippen LogP contribution in [0.5, 0.6) is 0 Å². The van der Waals surface area contributed by atoms with Gasteiger partial charge in [-0.25, -0.2) is 13.4 Å². The molecule has 0 unspecified atom stereocenters. The van der Waals surface area contributed by atoms with Crippen molar-refractivity contribution in [1.29, 1.82) is 0 Å². The predicted molar refractivity (Wildman–Crippen MR) is 120 cm³/mol. The van der Waals surface area contributed by atoms with Crippen LogP contribution in [0.4, 0.5) is 0 Å². The van der Waals surface area contributed by atoms with E-state index in [2.05, 4.69) is 16.4 Å². The highest BCUT2D eigenvalue weighted by Gasteiger charge is 2.29. The molecule has 176 valence electrons. The van der Waals surface area contributed by atoms with Crippen molar-refractivity contribution in [2.24, 2.45) is 5.92 Å². The van der Waals surface area contributed by atoms with Gasteiger partial charge in [0, 0.05) is 26.2 Å². The summed E-state index contributed by atoms with van der Waals surface area (Å²) in [6, 6.07) is 5.19. The first kappa shape index (κ1) is 23.2. The summed E-state index contributed by atoms with van der Waals surface area (Å²) in [7, 11) is -3.57. The molecule has 1 aromatic carbocycles. The number of benzene rings is 1. The summed E-state index contributed by atoms with van der Waals surface area (Å²) in [6.45, 7) is 8.75. The zero-order chi connectivity index (χ0) is 22.7. The molecular formula is C22H32N4O5S. The highest BCUT2D eigenvalue weighted by atomic mass is 32.2. The van der Waals surface area contributed by atoms with Crippen molar-refractivity contribution in [3.63, 3.8) is 0 Å². The van der Waals surface area contributed by atoms with Gasteiger partial charge in [0.15, 0.2) is 0 Å². The summed E-state index contributed by atoms with van der Waals surface area (Å²) in [5.41, 5.74) is 1.59. The predicted octanol–water partition coefficient (Wildman–Crippen LogP) is 1.85. The van der Waals surface area contributed by atoms with E-state index in [9.17, 15) is 13.2 Å². The third kappa shape index (κ3) is 4.68. The normalized spacial score (nSPS) is 21.1. The lowest BCUT2D eigenvalue weighted by Gasteiger charge is -2.31. The number of esters is 1. The highest BCUT2D eigenvalue weighted by molar-refractivity contribution is 7.89. The maximum atomic E-state index is 13.0.